The monoisotopic (exact) mass is 338 g/mol. The van der Waals surface area contributed by atoms with Crippen molar-refractivity contribution in [1.29, 1.82) is 0 Å². The van der Waals surface area contributed by atoms with E-state index in [2.05, 4.69) is 29.9 Å². The predicted molar refractivity (Wildman–Crippen MR) is 83.4 cm³/mol. The van der Waals surface area contributed by atoms with Crippen LogP contribution in [0.4, 0.5) is 0 Å². The summed E-state index contributed by atoms with van der Waals surface area (Å²) >= 11 is 11.3. The Bertz CT molecular complexity index is 1060. The summed E-state index contributed by atoms with van der Waals surface area (Å²) in [7, 11) is 0. The van der Waals surface area contributed by atoms with E-state index in [9.17, 15) is 9.59 Å². The van der Waals surface area contributed by atoms with Crippen molar-refractivity contribution in [3.05, 3.63) is 55.8 Å². The quantitative estimate of drug-likeness (QED) is 0.288. The first-order valence-corrected chi connectivity index (χ1v) is 6.76. The number of hydrogen-bond donors (Lipinski definition) is 4. The molecule has 4 N–H and O–H groups in total. The van der Waals surface area contributed by atoms with E-state index >= 15 is 0 Å². The van der Waals surface area contributed by atoms with Crippen molar-refractivity contribution in [2.75, 3.05) is 0 Å². The first-order chi connectivity index (χ1) is 10.5. The van der Waals surface area contributed by atoms with Gasteiger partial charge in [0, 0.05) is 12.4 Å². The fourth-order valence-electron chi connectivity index (χ4n) is 1.86. The molecule has 0 aliphatic carbocycles. The van der Waals surface area contributed by atoms with Crippen molar-refractivity contribution in [3.8, 4) is 0 Å². The molecule has 112 valence electrons. The zero-order chi connectivity index (χ0) is 15.7. The first kappa shape index (κ1) is 14.4. The molecule has 0 saturated carbocycles. The molecule has 10 heteroatoms. The fourth-order valence-corrected chi connectivity index (χ4v) is 2.31. The van der Waals surface area contributed by atoms with Gasteiger partial charge in [-0.1, -0.05) is 11.6 Å². The molecule has 0 radical (unpaired) electrons. The molecule has 4 rings (SSSR count). The second-order valence-corrected chi connectivity index (χ2v) is 4.89. The number of rotatable bonds is 0. The highest BCUT2D eigenvalue weighted by Gasteiger charge is 2.03. The Labute approximate surface area is 131 Å². The smallest absolute Gasteiger partial charge is 0.326 e. The number of nitrogens with one attached hydrogen (secondary N) is 4. The first-order valence-electron chi connectivity index (χ1n) is 6.00. The highest BCUT2D eigenvalue weighted by atomic mass is 35.5. The van der Waals surface area contributed by atoms with Gasteiger partial charge in [0.15, 0.2) is 5.15 Å². The maximum absolute atomic E-state index is 11.0. The van der Waals surface area contributed by atoms with E-state index in [4.69, 9.17) is 23.2 Å². The van der Waals surface area contributed by atoms with Crippen molar-refractivity contribution >= 4 is 45.3 Å². The summed E-state index contributed by atoms with van der Waals surface area (Å²) in [5.41, 5.74) is 1.49. The summed E-state index contributed by atoms with van der Waals surface area (Å²) in [5, 5.41) is 0.520. The molecule has 0 aliphatic heterocycles. The molecular formula is C12H8Cl2N6O2. The lowest BCUT2D eigenvalue weighted by molar-refractivity contribution is 1.08. The van der Waals surface area contributed by atoms with Gasteiger partial charge in [0.1, 0.15) is 11.0 Å². The Balaban J connectivity index is 0.000000131. The van der Waals surface area contributed by atoms with Crippen LogP contribution in [0.15, 0.2) is 34.1 Å². The van der Waals surface area contributed by atoms with Crippen LogP contribution in [0.1, 0.15) is 0 Å². The zero-order valence-electron chi connectivity index (χ0n) is 10.8. The number of fused-ring (bicyclic) bond motifs is 2. The van der Waals surface area contributed by atoms with Crippen molar-refractivity contribution in [1.82, 2.24) is 29.9 Å². The molecule has 0 fully saturated rings. The van der Waals surface area contributed by atoms with Gasteiger partial charge in [-0.15, -0.1) is 0 Å². The van der Waals surface area contributed by atoms with Crippen LogP contribution < -0.4 is 11.2 Å². The lowest BCUT2D eigenvalue weighted by Gasteiger charge is -1.92. The third kappa shape index (κ3) is 2.74. The van der Waals surface area contributed by atoms with Crippen molar-refractivity contribution in [3.63, 3.8) is 0 Å². The summed E-state index contributed by atoms with van der Waals surface area (Å²) in [4.78, 5) is 39.5. The van der Waals surface area contributed by atoms with E-state index < -0.39 is 11.2 Å². The molecule has 4 heterocycles. The topological polar surface area (TPSA) is 123 Å². The Morgan fingerprint density at radius 1 is 0.909 bits per heavy atom. The van der Waals surface area contributed by atoms with Gasteiger partial charge in [-0.3, -0.25) is 9.78 Å². The molecule has 0 unspecified atom stereocenters. The molecule has 22 heavy (non-hydrogen) atoms. The van der Waals surface area contributed by atoms with E-state index in [1.54, 1.807) is 24.5 Å². The third-order valence-electron chi connectivity index (χ3n) is 2.78. The number of halogens is 2. The second-order valence-electron chi connectivity index (χ2n) is 4.20. The van der Waals surface area contributed by atoms with E-state index in [0.717, 1.165) is 11.0 Å². The van der Waals surface area contributed by atoms with Crippen molar-refractivity contribution in [2.45, 2.75) is 0 Å². The molecule has 0 aromatic carbocycles. The van der Waals surface area contributed by atoms with Gasteiger partial charge in [-0.2, -0.15) is 0 Å². The van der Waals surface area contributed by atoms with Gasteiger partial charge in [0.25, 0.3) is 5.56 Å². The Morgan fingerprint density at radius 2 is 1.64 bits per heavy atom. The van der Waals surface area contributed by atoms with Crippen LogP contribution in [-0.2, 0) is 0 Å². The van der Waals surface area contributed by atoms with Crippen molar-refractivity contribution < 1.29 is 0 Å². The lowest BCUT2D eigenvalue weighted by Crippen LogP contribution is -2.21. The molecule has 0 saturated heterocycles. The maximum atomic E-state index is 11.0. The summed E-state index contributed by atoms with van der Waals surface area (Å²) in [6.07, 6.45) is 3.33. The van der Waals surface area contributed by atoms with E-state index in [-0.39, 0.29) is 5.28 Å². The minimum absolute atomic E-state index is 0.169. The van der Waals surface area contributed by atoms with Gasteiger partial charge in [0.2, 0.25) is 5.28 Å². The van der Waals surface area contributed by atoms with Crippen LogP contribution in [0.2, 0.25) is 10.4 Å². The SMILES string of the molecule is Clc1nc(Cl)c2[nH]ccc2n1.O=c1[nH]c(=O)c2[nH]ccc2[nH]1. The summed E-state index contributed by atoms with van der Waals surface area (Å²) in [6, 6.07) is 3.42. The third-order valence-corrected chi connectivity index (χ3v) is 3.23. The highest BCUT2D eigenvalue weighted by Crippen LogP contribution is 2.19. The minimum atomic E-state index is -0.484. The van der Waals surface area contributed by atoms with Crippen LogP contribution in [0.5, 0.6) is 0 Å². The molecule has 4 aromatic heterocycles. The number of H-pyrrole nitrogens is 4. The summed E-state index contributed by atoms with van der Waals surface area (Å²) in [5.74, 6) is 0. The average molecular weight is 339 g/mol. The van der Waals surface area contributed by atoms with Crippen LogP contribution in [0.25, 0.3) is 22.1 Å². The standard InChI is InChI=1S/C6H3Cl2N3.C6H5N3O2/c7-5-4-3(1-2-9-4)10-6(8)11-5;10-5-4-3(1-2-7-4)8-6(11)9-5/h1-2,9H;1-2,7H,(H2,8,9,10,11). The molecular weight excluding hydrogens is 331 g/mol. The molecule has 0 amide bonds. The predicted octanol–water partition coefficient (Wildman–Crippen LogP) is 1.81. The second kappa shape index (κ2) is 5.66. The maximum Gasteiger partial charge on any atom is 0.326 e. The summed E-state index contributed by atoms with van der Waals surface area (Å²) in [6.45, 7) is 0. The van der Waals surface area contributed by atoms with Gasteiger partial charge in [0.05, 0.1) is 11.0 Å². The van der Waals surface area contributed by atoms with Gasteiger partial charge in [-0.25, -0.2) is 14.8 Å². The summed E-state index contributed by atoms with van der Waals surface area (Å²) < 4.78 is 0. The molecule has 8 nitrogen and oxygen atoms in total. The minimum Gasteiger partial charge on any atom is -0.357 e. The molecule has 4 aromatic rings. The normalized spacial score (nSPS) is 10.6. The van der Waals surface area contributed by atoms with E-state index in [1.165, 1.54) is 0 Å². The zero-order valence-corrected chi connectivity index (χ0v) is 12.3. The molecule has 0 atom stereocenters. The fraction of sp³-hybridized carbons (Fsp3) is 0. The Morgan fingerprint density at radius 3 is 2.45 bits per heavy atom. The molecule has 0 bridgehead atoms. The number of nitrogens with zero attached hydrogens (tertiary/aromatic N) is 2. The van der Waals surface area contributed by atoms with E-state index in [0.29, 0.717) is 16.2 Å². The largest absolute Gasteiger partial charge is 0.357 e. The average Bonchev–Trinajstić information content (AvgIpc) is 3.07. The van der Waals surface area contributed by atoms with Crippen LogP contribution >= 0.6 is 23.2 Å². The molecule has 0 aliphatic rings. The van der Waals surface area contributed by atoms with Crippen LogP contribution in [0, 0.1) is 0 Å². The van der Waals surface area contributed by atoms with Crippen LogP contribution in [-0.4, -0.2) is 29.9 Å². The van der Waals surface area contributed by atoms with Gasteiger partial charge in [-0.05, 0) is 23.7 Å². The highest BCUT2D eigenvalue weighted by molar-refractivity contribution is 6.35. The van der Waals surface area contributed by atoms with Gasteiger partial charge >= 0.3 is 5.69 Å². The van der Waals surface area contributed by atoms with E-state index in [1.807, 2.05) is 0 Å². The lowest BCUT2D eigenvalue weighted by atomic mass is 10.5. The number of aromatic nitrogens is 6. The Kier molecular flexibility index (Phi) is 3.70. The van der Waals surface area contributed by atoms with Crippen molar-refractivity contribution in [2.24, 2.45) is 0 Å². The number of aromatic amines is 4. The van der Waals surface area contributed by atoms with Crippen LogP contribution in [0.3, 0.4) is 0 Å². The molecule has 0 spiro atoms. The number of hydrogen-bond acceptors (Lipinski definition) is 4. The van der Waals surface area contributed by atoms with Gasteiger partial charge < -0.3 is 15.0 Å². The Hall–Kier alpha value is -2.58.